The fourth-order valence-electron chi connectivity index (χ4n) is 3.85. The topological polar surface area (TPSA) is 187 Å². The number of nitrogens with one attached hydrogen (secondary N) is 1. The van der Waals surface area contributed by atoms with E-state index in [1.165, 1.54) is 6.92 Å². The lowest BCUT2D eigenvalue weighted by atomic mass is 9.95. The zero-order valence-electron chi connectivity index (χ0n) is 18.0. The van der Waals surface area contributed by atoms with Gasteiger partial charge in [-0.2, -0.15) is 0 Å². The summed E-state index contributed by atoms with van der Waals surface area (Å²) in [5.41, 5.74) is 0.806. The van der Waals surface area contributed by atoms with Crippen LogP contribution in [0.3, 0.4) is 0 Å². The van der Waals surface area contributed by atoms with E-state index in [9.17, 15) is 35.4 Å². The number of carbonyl (C=O) groups excluding carboxylic acids is 1. The van der Waals surface area contributed by atoms with Gasteiger partial charge in [-0.3, -0.25) is 4.79 Å². The van der Waals surface area contributed by atoms with Gasteiger partial charge >= 0.3 is 0 Å². The lowest BCUT2D eigenvalue weighted by Gasteiger charge is -2.47. The largest absolute Gasteiger partial charge is 0.394 e. The first-order chi connectivity index (χ1) is 15.8. The molecule has 12 heteroatoms. The van der Waals surface area contributed by atoms with Gasteiger partial charge in [0.25, 0.3) is 0 Å². The molecule has 0 aromatic heterocycles. The molecule has 0 aliphatic carbocycles. The van der Waals surface area contributed by atoms with Crippen LogP contribution in [-0.2, 0) is 30.3 Å². The molecular weight excluding hydrogens is 442 g/mol. The molecule has 0 bridgehead atoms. The predicted molar refractivity (Wildman–Crippen MR) is 109 cm³/mol. The Labute approximate surface area is 190 Å². The number of ether oxygens (including phenoxy) is 4. The molecule has 3 rings (SSSR count). The third kappa shape index (κ3) is 6.05. The summed E-state index contributed by atoms with van der Waals surface area (Å²) in [7, 11) is 0. The average Bonchev–Trinajstić information content (AvgIpc) is 2.81. The molecule has 10 unspecified atom stereocenters. The number of carbonyl (C=O) groups is 1. The molecule has 1 aromatic rings. The quantitative estimate of drug-likeness (QED) is 0.203. The van der Waals surface area contributed by atoms with E-state index in [0.29, 0.717) is 0 Å². The second-order valence-electron chi connectivity index (χ2n) is 8.04. The Morgan fingerprint density at radius 2 is 1.52 bits per heavy atom. The van der Waals surface area contributed by atoms with Crippen molar-refractivity contribution in [2.75, 3.05) is 13.2 Å². The van der Waals surface area contributed by atoms with Gasteiger partial charge in [0.15, 0.2) is 12.6 Å². The molecule has 2 heterocycles. The average molecular weight is 473 g/mol. The van der Waals surface area contributed by atoms with Crippen LogP contribution in [0.1, 0.15) is 12.5 Å². The van der Waals surface area contributed by atoms with E-state index in [2.05, 4.69) is 5.32 Å². The van der Waals surface area contributed by atoms with Crippen molar-refractivity contribution >= 4 is 5.91 Å². The summed E-state index contributed by atoms with van der Waals surface area (Å²) in [6.07, 6.45) is -13.0. The third-order valence-corrected chi connectivity index (χ3v) is 5.62. The lowest BCUT2D eigenvalue weighted by Crippen LogP contribution is -2.68. The summed E-state index contributed by atoms with van der Waals surface area (Å²) >= 11 is 0. The molecular formula is C21H31NO11. The second kappa shape index (κ2) is 11.6. The first kappa shape index (κ1) is 25.9. The highest BCUT2D eigenvalue weighted by Gasteiger charge is 2.51. The minimum Gasteiger partial charge on any atom is -0.394 e. The van der Waals surface area contributed by atoms with Gasteiger partial charge in [-0.25, -0.2) is 0 Å². The zero-order valence-corrected chi connectivity index (χ0v) is 18.0. The van der Waals surface area contributed by atoms with Crippen molar-refractivity contribution in [1.29, 1.82) is 0 Å². The Bertz CT molecular complexity index is 751. The number of amides is 1. The molecule has 1 aromatic carbocycles. The molecule has 2 aliphatic rings. The molecule has 2 aliphatic heterocycles. The van der Waals surface area contributed by atoms with E-state index in [1.807, 2.05) is 30.3 Å². The van der Waals surface area contributed by atoms with Crippen molar-refractivity contribution < 1.29 is 54.4 Å². The Hall–Kier alpha value is -1.71. The Kier molecular flexibility index (Phi) is 9.12. The van der Waals surface area contributed by atoms with Crippen LogP contribution in [0.15, 0.2) is 30.3 Å². The van der Waals surface area contributed by atoms with E-state index in [-0.39, 0.29) is 6.61 Å². The summed E-state index contributed by atoms with van der Waals surface area (Å²) in [5.74, 6) is -0.492. The summed E-state index contributed by atoms with van der Waals surface area (Å²) in [6.45, 7) is 0.0539. The van der Waals surface area contributed by atoms with Crippen LogP contribution in [0, 0.1) is 0 Å². The monoisotopic (exact) mass is 473 g/mol. The number of aliphatic hydroxyl groups excluding tert-OH is 6. The molecule has 2 saturated heterocycles. The zero-order chi connectivity index (χ0) is 24.1. The standard InChI is InChI=1S/C21H31NO11/c1-10(25)22-14-19(33-21-18(29)17(28)15(26)12(7-23)32-21)16(27)13(8-24)31-20(14)30-9-11-5-3-2-4-6-11/h2-6,12-21,23-24,26-29H,7-9H2,1H3,(H,22,25). The molecule has 2 fully saturated rings. The summed E-state index contributed by atoms with van der Waals surface area (Å²) in [4.78, 5) is 11.9. The maximum atomic E-state index is 11.9. The Balaban J connectivity index is 1.82. The van der Waals surface area contributed by atoms with E-state index < -0.39 is 80.5 Å². The number of hydrogen-bond acceptors (Lipinski definition) is 11. The summed E-state index contributed by atoms with van der Waals surface area (Å²) in [6, 6.07) is 8.00. The van der Waals surface area contributed by atoms with Crippen LogP contribution in [-0.4, -0.2) is 111 Å². The summed E-state index contributed by atoms with van der Waals surface area (Å²) < 4.78 is 22.6. The first-order valence-corrected chi connectivity index (χ1v) is 10.6. The third-order valence-electron chi connectivity index (χ3n) is 5.62. The van der Waals surface area contributed by atoms with Crippen LogP contribution >= 0.6 is 0 Å². The van der Waals surface area contributed by atoms with Crippen molar-refractivity contribution in [2.45, 2.75) is 74.9 Å². The van der Waals surface area contributed by atoms with Gasteiger partial charge in [0.05, 0.1) is 19.8 Å². The van der Waals surface area contributed by atoms with Gasteiger partial charge in [0.2, 0.25) is 5.91 Å². The highest BCUT2D eigenvalue weighted by atomic mass is 16.7. The van der Waals surface area contributed by atoms with Crippen molar-refractivity contribution in [1.82, 2.24) is 5.32 Å². The van der Waals surface area contributed by atoms with Crippen LogP contribution in [0.4, 0.5) is 0 Å². The second-order valence-corrected chi connectivity index (χ2v) is 8.04. The van der Waals surface area contributed by atoms with Gasteiger partial charge in [0.1, 0.15) is 48.8 Å². The maximum Gasteiger partial charge on any atom is 0.217 e. The SMILES string of the molecule is CC(=O)NC1C(OCc2ccccc2)OC(CO)C(O)C1OC1OC(CO)C(O)C(O)C1O. The van der Waals surface area contributed by atoms with Crippen molar-refractivity contribution in [3.63, 3.8) is 0 Å². The van der Waals surface area contributed by atoms with Crippen LogP contribution in [0.25, 0.3) is 0 Å². The first-order valence-electron chi connectivity index (χ1n) is 10.6. The maximum absolute atomic E-state index is 11.9. The molecule has 0 saturated carbocycles. The predicted octanol–water partition coefficient (Wildman–Crippen LogP) is -3.03. The smallest absolute Gasteiger partial charge is 0.217 e. The fraction of sp³-hybridized carbons (Fsp3) is 0.667. The van der Waals surface area contributed by atoms with Gasteiger partial charge in [-0.1, -0.05) is 30.3 Å². The molecule has 0 radical (unpaired) electrons. The fourth-order valence-corrected chi connectivity index (χ4v) is 3.85. The van der Waals surface area contributed by atoms with Gasteiger partial charge in [-0.05, 0) is 5.56 Å². The molecule has 12 nitrogen and oxygen atoms in total. The number of benzene rings is 1. The molecule has 186 valence electrons. The van der Waals surface area contributed by atoms with Crippen molar-refractivity contribution in [2.24, 2.45) is 0 Å². The molecule has 1 amide bonds. The van der Waals surface area contributed by atoms with Gasteiger partial charge in [0, 0.05) is 6.92 Å². The molecule has 33 heavy (non-hydrogen) atoms. The van der Waals surface area contributed by atoms with Crippen molar-refractivity contribution in [3.8, 4) is 0 Å². The van der Waals surface area contributed by atoms with Gasteiger partial charge < -0.3 is 54.9 Å². The van der Waals surface area contributed by atoms with Crippen LogP contribution in [0.5, 0.6) is 0 Å². The Morgan fingerprint density at radius 3 is 2.12 bits per heavy atom. The molecule has 0 spiro atoms. The van der Waals surface area contributed by atoms with Crippen molar-refractivity contribution in [3.05, 3.63) is 35.9 Å². The number of aliphatic hydroxyl groups is 6. The van der Waals surface area contributed by atoms with E-state index in [0.717, 1.165) is 5.56 Å². The Morgan fingerprint density at radius 1 is 0.909 bits per heavy atom. The molecule has 7 N–H and O–H groups in total. The molecule has 10 atom stereocenters. The van der Waals surface area contributed by atoms with E-state index in [1.54, 1.807) is 0 Å². The number of hydrogen-bond donors (Lipinski definition) is 7. The minimum atomic E-state index is -1.73. The highest BCUT2D eigenvalue weighted by molar-refractivity contribution is 5.73. The van der Waals surface area contributed by atoms with E-state index in [4.69, 9.17) is 18.9 Å². The van der Waals surface area contributed by atoms with E-state index >= 15 is 0 Å². The lowest BCUT2D eigenvalue weighted by molar-refractivity contribution is -0.345. The highest BCUT2D eigenvalue weighted by Crippen LogP contribution is 2.30. The van der Waals surface area contributed by atoms with Gasteiger partial charge in [-0.15, -0.1) is 0 Å². The van der Waals surface area contributed by atoms with Crippen LogP contribution < -0.4 is 5.32 Å². The number of rotatable bonds is 8. The summed E-state index contributed by atoms with van der Waals surface area (Å²) in [5, 5.41) is 62.8. The minimum absolute atomic E-state index is 0.0859. The van der Waals surface area contributed by atoms with Crippen LogP contribution in [0.2, 0.25) is 0 Å². The normalized spacial score (nSPS) is 39.2.